The van der Waals surface area contributed by atoms with Crippen LogP contribution < -0.4 is 20.6 Å². The Kier molecular flexibility index (Phi) is 5.59. The smallest absolute Gasteiger partial charge is 0.186 e. The van der Waals surface area contributed by atoms with Gasteiger partial charge in [-0.3, -0.25) is 5.43 Å². The molecule has 0 amide bonds. The van der Waals surface area contributed by atoms with Gasteiger partial charge in [0, 0.05) is 12.6 Å². The topological polar surface area (TPSA) is 85.8 Å². The Bertz CT molecular complexity index is 463. The molecule has 0 aliphatic rings. The molecule has 6 nitrogen and oxygen atoms in total. The molecule has 0 radical (unpaired) electrons. The number of hydrazone groups is 1. The van der Waals surface area contributed by atoms with Crippen LogP contribution in [0.3, 0.4) is 0 Å². The SMILES string of the molecule is CNC(=S)N/N=C\c1ccccc1OCC(=O)[O-]. The Hall–Kier alpha value is -2.15. The molecule has 1 aromatic rings. The molecule has 0 heterocycles. The van der Waals surface area contributed by atoms with Gasteiger partial charge < -0.3 is 20.0 Å². The average Bonchev–Trinajstić information content (AvgIpc) is 2.37. The highest BCUT2D eigenvalue weighted by atomic mass is 32.1. The van der Waals surface area contributed by atoms with Crippen molar-refractivity contribution in [2.75, 3.05) is 13.7 Å². The second-order valence-corrected chi connectivity index (χ2v) is 3.56. The van der Waals surface area contributed by atoms with Crippen LogP contribution in [0.25, 0.3) is 0 Å². The second kappa shape index (κ2) is 7.23. The molecular weight excluding hydrogens is 254 g/mol. The number of carboxylic acid groups (broad SMARTS) is 1. The molecule has 96 valence electrons. The van der Waals surface area contributed by atoms with Crippen molar-refractivity contribution in [1.29, 1.82) is 0 Å². The van der Waals surface area contributed by atoms with Gasteiger partial charge in [0.2, 0.25) is 0 Å². The predicted molar refractivity (Wildman–Crippen MR) is 69.3 cm³/mol. The molecular formula is C11H12N3O3S-. The van der Waals surface area contributed by atoms with Crippen molar-refractivity contribution in [2.45, 2.75) is 0 Å². The molecule has 0 aromatic heterocycles. The molecule has 0 aliphatic heterocycles. The van der Waals surface area contributed by atoms with Crippen LogP contribution in [0.15, 0.2) is 29.4 Å². The number of ether oxygens (including phenoxy) is 1. The van der Waals surface area contributed by atoms with E-state index in [9.17, 15) is 9.90 Å². The van der Waals surface area contributed by atoms with Crippen LogP contribution in [0.4, 0.5) is 0 Å². The molecule has 0 fully saturated rings. The second-order valence-electron chi connectivity index (χ2n) is 3.15. The monoisotopic (exact) mass is 266 g/mol. The normalized spacial score (nSPS) is 10.1. The van der Waals surface area contributed by atoms with Crippen LogP contribution >= 0.6 is 12.2 Å². The lowest BCUT2D eigenvalue weighted by atomic mass is 10.2. The summed E-state index contributed by atoms with van der Waals surface area (Å²) in [5.74, 6) is -0.876. The molecule has 0 unspecified atom stereocenters. The summed E-state index contributed by atoms with van der Waals surface area (Å²) in [6, 6.07) is 6.89. The highest BCUT2D eigenvalue weighted by Gasteiger charge is 2.00. The van der Waals surface area contributed by atoms with Gasteiger partial charge in [-0.05, 0) is 24.4 Å². The fourth-order valence-corrected chi connectivity index (χ4v) is 1.12. The van der Waals surface area contributed by atoms with Crippen LogP contribution in [0.1, 0.15) is 5.56 Å². The Labute approximate surface area is 110 Å². The molecule has 1 aromatic carbocycles. The minimum absolute atomic E-state index is 0.374. The maximum absolute atomic E-state index is 10.3. The fraction of sp³-hybridized carbons (Fsp3) is 0.182. The molecule has 0 saturated carbocycles. The standard InChI is InChI=1S/C11H13N3O3S/c1-12-11(18)14-13-6-8-4-2-3-5-9(8)17-7-10(15)16/h2-6H,7H2,1H3,(H,15,16)(H2,12,14,18)/p-1/b13-6-. The largest absolute Gasteiger partial charge is 0.546 e. The van der Waals surface area contributed by atoms with E-state index < -0.39 is 12.6 Å². The van der Waals surface area contributed by atoms with Crippen LogP contribution in [-0.2, 0) is 4.79 Å². The lowest BCUT2D eigenvalue weighted by Crippen LogP contribution is -2.29. The van der Waals surface area contributed by atoms with E-state index in [1.54, 1.807) is 31.3 Å². The summed E-state index contributed by atoms with van der Waals surface area (Å²) in [5, 5.41) is 17.3. The number of carboxylic acids is 1. The van der Waals surface area contributed by atoms with Gasteiger partial charge >= 0.3 is 0 Å². The van der Waals surface area contributed by atoms with Gasteiger partial charge in [-0.1, -0.05) is 12.1 Å². The van der Waals surface area contributed by atoms with Crippen molar-refractivity contribution in [2.24, 2.45) is 5.10 Å². The number of carbonyl (C=O) groups excluding carboxylic acids is 1. The summed E-state index contributed by atoms with van der Waals surface area (Å²) in [5.41, 5.74) is 3.21. The first-order chi connectivity index (χ1) is 8.63. The number of hydrogen-bond acceptors (Lipinski definition) is 5. The summed E-state index contributed by atoms with van der Waals surface area (Å²) >= 11 is 4.84. The van der Waals surface area contributed by atoms with Gasteiger partial charge in [-0.2, -0.15) is 5.10 Å². The van der Waals surface area contributed by atoms with Crippen molar-refractivity contribution in [3.05, 3.63) is 29.8 Å². The van der Waals surface area contributed by atoms with E-state index in [2.05, 4.69) is 15.8 Å². The van der Waals surface area contributed by atoms with Gasteiger partial charge in [0.05, 0.1) is 12.2 Å². The highest BCUT2D eigenvalue weighted by molar-refractivity contribution is 7.80. The number of thiocarbonyl (C=S) groups is 1. The Balaban J connectivity index is 2.69. The zero-order valence-electron chi connectivity index (χ0n) is 9.67. The van der Waals surface area contributed by atoms with E-state index in [0.717, 1.165) is 0 Å². The quantitative estimate of drug-likeness (QED) is 0.414. The Morgan fingerprint density at radius 2 is 2.28 bits per heavy atom. The number of hydrogen-bond donors (Lipinski definition) is 2. The molecule has 1 rings (SSSR count). The van der Waals surface area contributed by atoms with Crippen LogP contribution in [-0.4, -0.2) is 31.0 Å². The van der Waals surface area contributed by atoms with Crippen LogP contribution in [0.2, 0.25) is 0 Å². The van der Waals surface area contributed by atoms with Crippen molar-refractivity contribution < 1.29 is 14.6 Å². The first-order valence-electron chi connectivity index (χ1n) is 5.06. The molecule has 0 saturated heterocycles. The minimum Gasteiger partial charge on any atom is -0.546 e. The van der Waals surface area contributed by atoms with Gasteiger partial charge in [0.1, 0.15) is 12.4 Å². The highest BCUT2D eigenvalue weighted by Crippen LogP contribution is 2.15. The van der Waals surface area contributed by atoms with Crippen molar-refractivity contribution >= 4 is 29.5 Å². The molecule has 7 heteroatoms. The summed E-state index contributed by atoms with van der Waals surface area (Å²) < 4.78 is 5.05. The molecule has 0 aliphatic carbocycles. The lowest BCUT2D eigenvalue weighted by molar-refractivity contribution is -0.307. The number of nitrogens with zero attached hydrogens (tertiary/aromatic N) is 1. The zero-order valence-corrected chi connectivity index (χ0v) is 10.5. The van der Waals surface area contributed by atoms with Gasteiger partial charge in [0.15, 0.2) is 5.11 Å². The predicted octanol–water partition coefficient (Wildman–Crippen LogP) is -0.757. The van der Waals surface area contributed by atoms with Gasteiger partial charge in [0.25, 0.3) is 0 Å². The summed E-state index contributed by atoms with van der Waals surface area (Å²) in [4.78, 5) is 10.3. The summed E-state index contributed by atoms with van der Waals surface area (Å²) in [6.07, 6.45) is 1.48. The van der Waals surface area contributed by atoms with E-state index in [1.807, 2.05) is 0 Å². The van der Waals surface area contributed by atoms with E-state index in [0.29, 0.717) is 16.4 Å². The van der Waals surface area contributed by atoms with Crippen molar-refractivity contribution in [3.63, 3.8) is 0 Å². The number of aliphatic carboxylic acids is 1. The third kappa shape index (κ3) is 4.79. The Morgan fingerprint density at radius 1 is 1.56 bits per heavy atom. The van der Waals surface area contributed by atoms with Crippen LogP contribution in [0.5, 0.6) is 5.75 Å². The number of rotatable bonds is 5. The van der Waals surface area contributed by atoms with Gasteiger partial charge in [-0.15, -0.1) is 0 Å². The maximum atomic E-state index is 10.3. The summed E-state index contributed by atoms with van der Waals surface area (Å²) in [6.45, 7) is -0.507. The first kappa shape index (κ1) is 13.9. The van der Waals surface area contributed by atoms with E-state index >= 15 is 0 Å². The molecule has 0 atom stereocenters. The van der Waals surface area contributed by atoms with Crippen molar-refractivity contribution in [1.82, 2.24) is 10.7 Å². The summed E-state index contributed by atoms with van der Waals surface area (Å²) in [7, 11) is 1.67. The number of para-hydroxylation sites is 1. The van der Waals surface area contributed by atoms with E-state index in [4.69, 9.17) is 17.0 Å². The van der Waals surface area contributed by atoms with Gasteiger partial charge in [-0.25, -0.2) is 0 Å². The maximum Gasteiger partial charge on any atom is 0.186 e. The van der Waals surface area contributed by atoms with Crippen LogP contribution in [0, 0.1) is 0 Å². The number of benzene rings is 1. The third-order valence-corrected chi connectivity index (χ3v) is 2.16. The lowest BCUT2D eigenvalue weighted by Gasteiger charge is -2.09. The number of carbonyl (C=O) groups is 1. The third-order valence-electron chi connectivity index (χ3n) is 1.86. The molecule has 18 heavy (non-hydrogen) atoms. The zero-order chi connectivity index (χ0) is 13.4. The van der Waals surface area contributed by atoms with E-state index in [1.165, 1.54) is 6.21 Å². The van der Waals surface area contributed by atoms with Crippen molar-refractivity contribution in [3.8, 4) is 5.75 Å². The molecule has 2 N–H and O–H groups in total. The fourth-order valence-electron chi connectivity index (χ4n) is 1.07. The minimum atomic E-state index is -1.28. The Morgan fingerprint density at radius 3 is 2.94 bits per heavy atom. The average molecular weight is 266 g/mol. The molecule has 0 bridgehead atoms. The van der Waals surface area contributed by atoms with E-state index in [-0.39, 0.29) is 0 Å². The first-order valence-corrected chi connectivity index (χ1v) is 5.46. The number of nitrogens with one attached hydrogen (secondary N) is 2. The molecule has 0 spiro atoms.